The topological polar surface area (TPSA) is 41.1 Å². The lowest BCUT2D eigenvalue weighted by Crippen LogP contribution is -2.16. The number of nitrogens with one attached hydrogen (secondary N) is 2. The Morgan fingerprint density at radius 3 is 2.45 bits per heavy atom. The van der Waals surface area contributed by atoms with Crippen molar-refractivity contribution >= 4 is 35.6 Å². The second-order valence-electron chi connectivity index (χ2n) is 4.93. The fourth-order valence-electron chi connectivity index (χ4n) is 2.07. The van der Waals surface area contributed by atoms with Crippen LogP contribution in [0.2, 0.25) is 5.02 Å². The van der Waals surface area contributed by atoms with Crippen molar-refractivity contribution in [3.8, 4) is 0 Å². The molecule has 0 aromatic heterocycles. The fraction of sp³-hybridized carbons (Fsp3) is 0.235. The molecule has 0 heterocycles. The van der Waals surface area contributed by atoms with Gasteiger partial charge in [-0.2, -0.15) is 0 Å². The number of hydrogen-bond donors (Lipinski definition) is 2. The Labute approximate surface area is 142 Å². The zero-order chi connectivity index (χ0) is 15.1. The van der Waals surface area contributed by atoms with Crippen LogP contribution in [0.5, 0.6) is 0 Å². The molecule has 0 spiro atoms. The Morgan fingerprint density at radius 1 is 1.09 bits per heavy atom. The van der Waals surface area contributed by atoms with Crippen LogP contribution in [0.15, 0.2) is 48.5 Å². The second kappa shape index (κ2) is 9.46. The van der Waals surface area contributed by atoms with E-state index >= 15 is 0 Å². The van der Waals surface area contributed by atoms with E-state index in [1.54, 1.807) is 0 Å². The van der Waals surface area contributed by atoms with Gasteiger partial charge in [0.05, 0.1) is 0 Å². The largest absolute Gasteiger partial charge is 0.326 e. The van der Waals surface area contributed by atoms with E-state index in [0.29, 0.717) is 0 Å². The number of halogens is 2. The molecular weight excluding hydrogens is 319 g/mol. The summed E-state index contributed by atoms with van der Waals surface area (Å²) in [6.45, 7) is 3.21. The number of anilines is 1. The van der Waals surface area contributed by atoms with Gasteiger partial charge in [-0.3, -0.25) is 4.79 Å². The van der Waals surface area contributed by atoms with Crippen molar-refractivity contribution in [1.82, 2.24) is 5.32 Å². The highest BCUT2D eigenvalue weighted by Gasteiger charge is 1.98. The second-order valence-corrected chi connectivity index (χ2v) is 5.37. The highest BCUT2D eigenvalue weighted by Crippen LogP contribution is 2.11. The minimum absolute atomic E-state index is 0. The Balaban J connectivity index is 0.00000242. The molecule has 0 atom stereocenters. The van der Waals surface area contributed by atoms with Crippen molar-refractivity contribution < 1.29 is 4.79 Å². The van der Waals surface area contributed by atoms with Crippen molar-refractivity contribution in [3.05, 3.63) is 64.7 Å². The molecular formula is C17H20Cl2N2O. The first-order valence-electron chi connectivity index (χ1n) is 6.95. The predicted molar refractivity (Wildman–Crippen MR) is 94.9 cm³/mol. The van der Waals surface area contributed by atoms with E-state index in [9.17, 15) is 4.79 Å². The monoisotopic (exact) mass is 338 g/mol. The zero-order valence-electron chi connectivity index (χ0n) is 12.4. The Hall–Kier alpha value is -1.55. The molecule has 118 valence electrons. The first kappa shape index (κ1) is 18.5. The average molecular weight is 339 g/mol. The van der Waals surface area contributed by atoms with E-state index in [-0.39, 0.29) is 18.3 Å². The van der Waals surface area contributed by atoms with E-state index in [1.807, 2.05) is 42.5 Å². The maximum absolute atomic E-state index is 10.9. The third kappa shape index (κ3) is 6.48. The van der Waals surface area contributed by atoms with Crippen molar-refractivity contribution in [2.75, 3.05) is 11.9 Å². The van der Waals surface area contributed by atoms with Gasteiger partial charge in [0.15, 0.2) is 0 Å². The summed E-state index contributed by atoms with van der Waals surface area (Å²) < 4.78 is 0. The Bertz CT molecular complexity index is 600. The summed E-state index contributed by atoms with van der Waals surface area (Å²) in [5.74, 6) is -0.0533. The Morgan fingerprint density at radius 2 is 1.82 bits per heavy atom. The van der Waals surface area contributed by atoms with E-state index in [2.05, 4.69) is 16.7 Å². The molecule has 5 heteroatoms. The predicted octanol–water partition coefficient (Wildman–Crippen LogP) is 4.05. The SMILES string of the molecule is CC(=O)Nc1ccc(CNCCc2cccc(Cl)c2)cc1.Cl. The van der Waals surface area contributed by atoms with Crippen LogP contribution < -0.4 is 10.6 Å². The molecule has 3 nitrogen and oxygen atoms in total. The fourth-order valence-corrected chi connectivity index (χ4v) is 2.28. The minimum atomic E-state index is -0.0533. The van der Waals surface area contributed by atoms with Crippen LogP contribution in [0, 0.1) is 0 Å². The van der Waals surface area contributed by atoms with Crippen LogP contribution in [0.3, 0.4) is 0 Å². The van der Waals surface area contributed by atoms with Gasteiger partial charge in [0.2, 0.25) is 5.91 Å². The maximum Gasteiger partial charge on any atom is 0.221 e. The van der Waals surface area contributed by atoms with E-state index < -0.39 is 0 Å². The number of hydrogen-bond acceptors (Lipinski definition) is 2. The van der Waals surface area contributed by atoms with Crippen LogP contribution in [0.25, 0.3) is 0 Å². The number of benzene rings is 2. The standard InChI is InChI=1S/C17H19ClN2O.ClH/c1-13(21)20-17-7-5-15(6-8-17)12-19-10-9-14-3-2-4-16(18)11-14;/h2-8,11,19H,9-10,12H2,1H3,(H,20,21);1H. The summed E-state index contributed by atoms with van der Waals surface area (Å²) in [4.78, 5) is 10.9. The lowest BCUT2D eigenvalue weighted by molar-refractivity contribution is -0.114. The number of amides is 1. The van der Waals surface area contributed by atoms with Gasteiger partial charge in [0.1, 0.15) is 0 Å². The van der Waals surface area contributed by atoms with Crippen molar-refractivity contribution in [3.63, 3.8) is 0 Å². The molecule has 0 unspecified atom stereocenters. The zero-order valence-corrected chi connectivity index (χ0v) is 14.0. The van der Waals surface area contributed by atoms with E-state index in [0.717, 1.165) is 30.2 Å². The lowest BCUT2D eigenvalue weighted by Gasteiger charge is -2.07. The molecule has 22 heavy (non-hydrogen) atoms. The van der Waals surface area contributed by atoms with Crippen LogP contribution in [0.4, 0.5) is 5.69 Å². The minimum Gasteiger partial charge on any atom is -0.326 e. The first-order valence-corrected chi connectivity index (χ1v) is 7.33. The molecule has 0 bridgehead atoms. The number of rotatable bonds is 6. The molecule has 0 aliphatic heterocycles. The van der Waals surface area contributed by atoms with Crippen molar-refractivity contribution in [1.29, 1.82) is 0 Å². The van der Waals surface area contributed by atoms with Gasteiger partial charge in [0, 0.05) is 24.2 Å². The molecule has 0 aliphatic carbocycles. The normalized spacial score (nSPS) is 9.91. The van der Waals surface area contributed by atoms with Crippen LogP contribution in [-0.4, -0.2) is 12.5 Å². The quantitative estimate of drug-likeness (QED) is 0.780. The molecule has 0 radical (unpaired) electrons. The molecule has 1 amide bonds. The third-order valence-electron chi connectivity index (χ3n) is 3.08. The highest BCUT2D eigenvalue weighted by atomic mass is 35.5. The molecule has 0 saturated heterocycles. The van der Waals surface area contributed by atoms with Crippen LogP contribution in [-0.2, 0) is 17.8 Å². The van der Waals surface area contributed by atoms with Gasteiger partial charge >= 0.3 is 0 Å². The summed E-state index contributed by atoms with van der Waals surface area (Å²) in [5, 5.41) is 6.93. The highest BCUT2D eigenvalue weighted by molar-refractivity contribution is 6.30. The molecule has 0 saturated carbocycles. The molecule has 2 aromatic carbocycles. The summed E-state index contributed by atoms with van der Waals surface area (Å²) >= 11 is 5.95. The molecule has 0 fully saturated rings. The number of carbonyl (C=O) groups excluding carboxylic acids is 1. The van der Waals surface area contributed by atoms with Gasteiger partial charge in [0.25, 0.3) is 0 Å². The summed E-state index contributed by atoms with van der Waals surface area (Å²) in [5.41, 5.74) is 3.25. The third-order valence-corrected chi connectivity index (χ3v) is 3.32. The van der Waals surface area contributed by atoms with Crippen molar-refractivity contribution in [2.45, 2.75) is 19.9 Å². The number of carbonyl (C=O) groups is 1. The van der Waals surface area contributed by atoms with E-state index in [4.69, 9.17) is 11.6 Å². The van der Waals surface area contributed by atoms with Gasteiger partial charge < -0.3 is 10.6 Å². The molecule has 2 rings (SSSR count). The average Bonchev–Trinajstić information content (AvgIpc) is 2.45. The van der Waals surface area contributed by atoms with Gasteiger partial charge in [-0.15, -0.1) is 12.4 Å². The summed E-state index contributed by atoms with van der Waals surface area (Å²) in [7, 11) is 0. The van der Waals surface area contributed by atoms with Gasteiger partial charge in [-0.05, 0) is 48.4 Å². The maximum atomic E-state index is 10.9. The van der Waals surface area contributed by atoms with Crippen molar-refractivity contribution in [2.24, 2.45) is 0 Å². The van der Waals surface area contributed by atoms with Crippen LogP contribution in [0.1, 0.15) is 18.1 Å². The smallest absolute Gasteiger partial charge is 0.221 e. The summed E-state index contributed by atoms with van der Waals surface area (Å²) in [6, 6.07) is 15.8. The van der Waals surface area contributed by atoms with Crippen LogP contribution >= 0.6 is 24.0 Å². The van der Waals surface area contributed by atoms with E-state index in [1.165, 1.54) is 18.1 Å². The Kier molecular flexibility index (Phi) is 7.96. The van der Waals surface area contributed by atoms with Gasteiger partial charge in [-0.25, -0.2) is 0 Å². The molecule has 2 N–H and O–H groups in total. The molecule has 2 aromatic rings. The van der Waals surface area contributed by atoms with Gasteiger partial charge in [-0.1, -0.05) is 35.9 Å². The summed E-state index contributed by atoms with van der Waals surface area (Å²) in [6.07, 6.45) is 0.949. The lowest BCUT2D eigenvalue weighted by atomic mass is 10.1. The first-order chi connectivity index (χ1) is 10.1. The molecule has 0 aliphatic rings.